The maximum Gasteiger partial charge on any atom is 0.308 e. The molecule has 4 heteroatoms. The van der Waals surface area contributed by atoms with E-state index in [2.05, 4.69) is 13.0 Å². The zero-order chi connectivity index (χ0) is 14.0. The van der Waals surface area contributed by atoms with Gasteiger partial charge in [0.15, 0.2) is 0 Å². The number of aryl methyl sites for hydroxylation is 2. The third-order valence-electron chi connectivity index (χ3n) is 3.58. The number of rotatable bonds is 4. The minimum Gasteiger partial charge on any atom is -0.481 e. The van der Waals surface area contributed by atoms with Crippen molar-refractivity contribution < 1.29 is 14.7 Å². The molecule has 0 spiro atoms. The Morgan fingerprint density at radius 2 is 2.21 bits per heavy atom. The number of carbonyl (C=O) groups is 2. The van der Waals surface area contributed by atoms with Crippen LogP contribution in [-0.4, -0.2) is 23.5 Å². The molecule has 1 atom stereocenters. The summed E-state index contributed by atoms with van der Waals surface area (Å²) in [5.74, 6) is -1.57. The van der Waals surface area contributed by atoms with E-state index in [1.807, 2.05) is 19.1 Å². The highest BCUT2D eigenvalue weighted by Crippen LogP contribution is 2.29. The number of carboxylic acid groups (broad SMARTS) is 1. The van der Waals surface area contributed by atoms with Gasteiger partial charge in [0.05, 0.1) is 5.92 Å². The van der Waals surface area contributed by atoms with E-state index in [1.54, 1.807) is 4.90 Å². The van der Waals surface area contributed by atoms with Crippen molar-refractivity contribution in [2.75, 3.05) is 11.4 Å². The molecule has 0 bridgehead atoms. The number of hydrogen-bond donors (Lipinski definition) is 1. The van der Waals surface area contributed by atoms with E-state index in [4.69, 9.17) is 5.11 Å². The van der Waals surface area contributed by atoms with Gasteiger partial charge >= 0.3 is 5.97 Å². The first-order valence-corrected chi connectivity index (χ1v) is 6.65. The summed E-state index contributed by atoms with van der Waals surface area (Å²) in [5.41, 5.74) is 3.06. The molecule has 1 saturated heterocycles. The fraction of sp³-hybridized carbons (Fsp3) is 0.467. The van der Waals surface area contributed by atoms with Gasteiger partial charge in [0.25, 0.3) is 0 Å². The van der Waals surface area contributed by atoms with Gasteiger partial charge in [0.1, 0.15) is 0 Å². The van der Waals surface area contributed by atoms with Gasteiger partial charge in [-0.25, -0.2) is 0 Å². The molecule has 1 aromatic carbocycles. The van der Waals surface area contributed by atoms with Gasteiger partial charge in [-0.3, -0.25) is 9.59 Å². The molecule has 4 nitrogen and oxygen atoms in total. The van der Waals surface area contributed by atoms with E-state index < -0.39 is 11.9 Å². The van der Waals surface area contributed by atoms with Crippen LogP contribution in [0.4, 0.5) is 5.69 Å². The Hall–Kier alpha value is -1.84. The summed E-state index contributed by atoms with van der Waals surface area (Å²) in [5, 5.41) is 9.02. The standard InChI is InChI=1S/C15H19NO3/c1-3-4-11-6-5-10(2)13(7-11)16-9-12(15(18)19)8-14(16)17/h5-7,12H,3-4,8-9H2,1-2H3,(H,18,19). The first kappa shape index (κ1) is 13.6. The highest BCUT2D eigenvalue weighted by Gasteiger charge is 2.35. The van der Waals surface area contributed by atoms with Crippen molar-refractivity contribution in [1.82, 2.24) is 0 Å². The smallest absolute Gasteiger partial charge is 0.308 e. The van der Waals surface area contributed by atoms with Crippen LogP contribution in [0.25, 0.3) is 0 Å². The van der Waals surface area contributed by atoms with Gasteiger partial charge < -0.3 is 10.0 Å². The van der Waals surface area contributed by atoms with E-state index in [0.717, 1.165) is 24.1 Å². The van der Waals surface area contributed by atoms with Gasteiger partial charge in [-0.1, -0.05) is 25.5 Å². The molecule has 102 valence electrons. The topological polar surface area (TPSA) is 57.6 Å². The lowest BCUT2D eigenvalue weighted by molar-refractivity contribution is -0.141. The first-order chi connectivity index (χ1) is 9.02. The average molecular weight is 261 g/mol. The molecule has 19 heavy (non-hydrogen) atoms. The number of benzene rings is 1. The van der Waals surface area contributed by atoms with E-state index in [-0.39, 0.29) is 18.9 Å². The van der Waals surface area contributed by atoms with Crippen LogP contribution in [-0.2, 0) is 16.0 Å². The summed E-state index contributed by atoms with van der Waals surface area (Å²) in [6.45, 7) is 4.35. The molecule has 0 aliphatic carbocycles. The Morgan fingerprint density at radius 3 is 2.79 bits per heavy atom. The van der Waals surface area contributed by atoms with E-state index >= 15 is 0 Å². The average Bonchev–Trinajstić information content (AvgIpc) is 2.74. The number of nitrogens with zero attached hydrogens (tertiary/aromatic N) is 1. The number of carbonyl (C=O) groups excluding carboxylic acids is 1. The number of carboxylic acids is 1. The second kappa shape index (κ2) is 5.43. The van der Waals surface area contributed by atoms with Crippen LogP contribution in [0.3, 0.4) is 0 Å². The third-order valence-corrected chi connectivity index (χ3v) is 3.58. The highest BCUT2D eigenvalue weighted by molar-refractivity contribution is 5.99. The monoisotopic (exact) mass is 261 g/mol. The van der Waals surface area contributed by atoms with Gasteiger partial charge in [-0.05, 0) is 30.5 Å². The van der Waals surface area contributed by atoms with Crippen LogP contribution in [0, 0.1) is 12.8 Å². The maximum atomic E-state index is 12.0. The molecule has 1 amide bonds. The summed E-state index contributed by atoms with van der Waals surface area (Å²) < 4.78 is 0. The van der Waals surface area contributed by atoms with Crippen molar-refractivity contribution in [3.05, 3.63) is 29.3 Å². The van der Waals surface area contributed by atoms with Gasteiger partial charge in [-0.2, -0.15) is 0 Å². The van der Waals surface area contributed by atoms with Crippen LogP contribution < -0.4 is 4.90 Å². The number of aliphatic carboxylic acids is 1. The molecule has 0 radical (unpaired) electrons. The molecule has 1 heterocycles. The molecule has 1 aromatic rings. The largest absolute Gasteiger partial charge is 0.481 e. The van der Waals surface area contributed by atoms with Crippen LogP contribution in [0.1, 0.15) is 30.9 Å². The summed E-state index contributed by atoms with van der Waals surface area (Å²) >= 11 is 0. The Bertz CT molecular complexity index is 510. The number of hydrogen-bond acceptors (Lipinski definition) is 2. The summed E-state index contributed by atoms with van der Waals surface area (Å²) in [6.07, 6.45) is 2.12. The predicted molar refractivity (Wildman–Crippen MR) is 73.3 cm³/mol. The van der Waals surface area contributed by atoms with E-state index in [1.165, 1.54) is 5.56 Å². The zero-order valence-corrected chi connectivity index (χ0v) is 11.3. The third kappa shape index (κ3) is 2.78. The summed E-state index contributed by atoms with van der Waals surface area (Å²) in [7, 11) is 0. The Labute approximate surface area is 113 Å². The summed E-state index contributed by atoms with van der Waals surface area (Å²) in [4.78, 5) is 24.6. The van der Waals surface area contributed by atoms with Crippen LogP contribution >= 0.6 is 0 Å². The van der Waals surface area contributed by atoms with Crippen LogP contribution in [0.2, 0.25) is 0 Å². The molecule has 1 aliphatic heterocycles. The van der Waals surface area contributed by atoms with Gasteiger partial charge in [0.2, 0.25) is 5.91 Å². The Morgan fingerprint density at radius 1 is 1.47 bits per heavy atom. The number of anilines is 1. The number of amides is 1. The lowest BCUT2D eigenvalue weighted by Gasteiger charge is -2.19. The molecule has 1 unspecified atom stereocenters. The Kier molecular flexibility index (Phi) is 3.88. The normalized spacial score (nSPS) is 18.9. The predicted octanol–water partition coefficient (Wildman–Crippen LogP) is 2.39. The van der Waals surface area contributed by atoms with Crippen LogP contribution in [0.15, 0.2) is 18.2 Å². The van der Waals surface area contributed by atoms with E-state index in [9.17, 15) is 9.59 Å². The lowest BCUT2D eigenvalue weighted by atomic mass is 10.1. The minimum atomic E-state index is -0.891. The SMILES string of the molecule is CCCc1ccc(C)c(N2CC(C(=O)O)CC2=O)c1. The molecular weight excluding hydrogens is 242 g/mol. The van der Waals surface area contributed by atoms with Crippen molar-refractivity contribution in [1.29, 1.82) is 0 Å². The van der Waals surface area contributed by atoms with Crippen molar-refractivity contribution in [2.45, 2.75) is 33.1 Å². The van der Waals surface area contributed by atoms with Crippen molar-refractivity contribution in [3.8, 4) is 0 Å². The molecule has 1 fully saturated rings. The minimum absolute atomic E-state index is 0.0934. The second-order valence-corrected chi connectivity index (χ2v) is 5.11. The van der Waals surface area contributed by atoms with Gasteiger partial charge in [-0.15, -0.1) is 0 Å². The molecular formula is C15H19NO3. The fourth-order valence-corrected chi connectivity index (χ4v) is 2.50. The highest BCUT2D eigenvalue weighted by atomic mass is 16.4. The first-order valence-electron chi connectivity index (χ1n) is 6.65. The fourth-order valence-electron chi connectivity index (χ4n) is 2.50. The zero-order valence-electron chi connectivity index (χ0n) is 11.3. The van der Waals surface area contributed by atoms with Crippen molar-refractivity contribution in [2.24, 2.45) is 5.92 Å². The maximum absolute atomic E-state index is 12.0. The summed E-state index contributed by atoms with van der Waals surface area (Å²) in [6, 6.07) is 6.08. The second-order valence-electron chi connectivity index (χ2n) is 5.11. The lowest BCUT2D eigenvalue weighted by Crippen LogP contribution is -2.26. The molecule has 1 aliphatic rings. The molecule has 0 saturated carbocycles. The quantitative estimate of drug-likeness (QED) is 0.905. The molecule has 2 rings (SSSR count). The van der Waals surface area contributed by atoms with E-state index in [0.29, 0.717) is 0 Å². The van der Waals surface area contributed by atoms with Gasteiger partial charge in [0, 0.05) is 18.7 Å². The molecule has 0 aromatic heterocycles. The van der Waals surface area contributed by atoms with Crippen molar-refractivity contribution in [3.63, 3.8) is 0 Å². The van der Waals surface area contributed by atoms with Crippen molar-refractivity contribution >= 4 is 17.6 Å². The Balaban J connectivity index is 2.28. The van der Waals surface area contributed by atoms with Crippen LogP contribution in [0.5, 0.6) is 0 Å². The molecule has 1 N–H and O–H groups in total.